The Labute approximate surface area is 172 Å². The Morgan fingerprint density at radius 2 is 1.66 bits per heavy atom. The molecule has 29 heavy (non-hydrogen) atoms. The van der Waals surface area contributed by atoms with Crippen molar-refractivity contribution < 1.29 is 14.4 Å². The molecule has 1 aliphatic rings. The maximum atomic E-state index is 12.6. The molecule has 0 unspecified atom stereocenters. The Morgan fingerprint density at radius 3 is 2.48 bits per heavy atom. The molecule has 0 spiro atoms. The Kier molecular flexibility index (Phi) is 5.44. The van der Waals surface area contributed by atoms with Crippen LogP contribution in [0.25, 0.3) is 16.8 Å². The van der Waals surface area contributed by atoms with Crippen LogP contribution in [0, 0.1) is 0 Å². The van der Waals surface area contributed by atoms with Crippen molar-refractivity contribution in [2.75, 3.05) is 11.9 Å². The Hall–Kier alpha value is -3.38. The Balaban J connectivity index is 1.41. The fraction of sp³-hybridized carbons (Fsp3) is 0.0870. The normalized spacial score (nSPS) is 15.3. The van der Waals surface area contributed by atoms with Gasteiger partial charge in [-0.25, -0.2) is 0 Å². The monoisotopic (exact) mass is 402 g/mol. The number of thioether (sulfide) groups is 1. The van der Waals surface area contributed by atoms with Crippen molar-refractivity contribution in [3.8, 4) is 0 Å². The molecule has 1 heterocycles. The van der Waals surface area contributed by atoms with Gasteiger partial charge in [-0.1, -0.05) is 66.7 Å². The summed E-state index contributed by atoms with van der Waals surface area (Å²) in [7, 11) is 0. The molecule has 0 saturated carbocycles. The molecule has 3 aromatic rings. The van der Waals surface area contributed by atoms with E-state index in [0.29, 0.717) is 10.6 Å². The summed E-state index contributed by atoms with van der Waals surface area (Å²) in [4.78, 5) is 38.7. The van der Waals surface area contributed by atoms with E-state index < -0.39 is 0 Å². The summed E-state index contributed by atoms with van der Waals surface area (Å²) in [6.45, 7) is 0.0490. The number of carbonyl (C=O) groups is 3. The third kappa shape index (κ3) is 4.22. The van der Waals surface area contributed by atoms with Crippen molar-refractivity contribution in [2.45, 2.75) is 6.42 Å². The van der Waals surface area contributed by atoms with Gasteiger partial charge in [-0.2, -0.15) is 0 Å². The van der Waals surface area contributed by atoms with Crippen LogP contribution in [0.2, 0.25) is 0 Å². The van der Waals surface area contributed by atoms with Gasteiger partial charge in [0.2, 0.25) is 5.91 Å². The predicted molar refractivity (Wildman–Crippen MR) is 116 cm³/mol. The first-order chi connectivity index (χ1) is 14.1. The number of anilines is 1. The van der Waals surface area contributed by atoms with Gasteiger partial charge in [0.15, 0.2) is 0 Å². The third-order valence-electron chi connectivity index (χ3n) is 4.60. The Bertz CT molecular complexity index is 1120. The van der Waals surface area contributed by atoms with Crippen LogP contribution in [-0.2, 0) is 9.59 Å². The number of nitrogens with zero attached hydrogens (tertiary/aromatic N) is 1. The van der Waals surface area contributed by atoms with Gasteiger partial charge in [0.25, 0.3) is 11.1 Å². The van der Waals surface area contributed by atoms with Crippen molar-refractivity contribution in [1.82, 2.24) is 4.90 Å². The zero-order chi connectivity index (χ0) is 20.2. The summed E-state index contributed by atoms with van der Waals surface area (Å²) < 4.78 is 0. The molecule has 1 saturated heterocycles. The number of fused-ring (bicyclic) bond motifs is 1. The minimum Gasteiger partial charge on any atom is -0.325 e. The average molecular weight is 402 g/mol. The SMILES string of the molecule is O=C(CCN1C(=O)S/C(=C\c2ccccc2)C1=O)Nc1cccc2ccccc12. The molecule has 3 aromatic carbocycles. The van der Waals surface area contributed by atoms with Crippen LogP contribution >= 0.6 is 11.8 Å². The summed E-state index contributed by atoms with van der Waals surface area (Å²) in [5, 5.41) is 4.50. The van der Waals surface area contributed by atoms with Crippen LogP contribution in [0.4, 0.5) is 10.5 Å². The molecule has 1 N–H and O–H groups in total. The number of benzene rings is 3. The highest BCUT2D eigenvalue weighted by Gasteiger charge is 2.35. The van der Waals surface area contributed by atoms with Gasteiger partial charge >= 0.3 is 0 Å². The molecule has 0 atom stereocenters. The van der Waals surface area contributed by atoms with Gasteiger partial charge in [-0.05, 0) is 34.9 Å². The van der Waals surface area contributed by atoms with E-state index in [9.17, 15) is 14.4 Å². The molecule has 5 nitrogen and oxygen atoms in total. The van der Waals surface area contributed by atoms with Crippen LogP contribution in [0.15, 0.2) is 77.7 Å². The summed E-state index contributed by atoms with van der Waals surface area (Å²) in [6, 6.07) is 22.8. The maximum absolute atomic E-state index is 12.6. The summed E-state index contributed by atoms with van der Waals surface area (Å²) in [5.41, 5.74) is 1.57. The number of hydrogen-bond acceptors (Lipinski definition) is 4. The molecule has 0 bridgehead atoms. The first-order valence-corrected chi connectivity index (χ1v) is 10.0. The molecule has 6 heteroatoms. The summed E-state index contributed by atoms with van der Waals surface area (Å²) in [6.07, 6.45) is 1.74. The topological polar surface area (TPSA) is 66.5 Å². The number of imide groups is 1. The van der Waals surface area contributed by atoms with Crippen LogP contribution in [0.5, 0.6) is 0 Å². The smallest absolute Gasteiger partial charge is 0.293 e. The van der Waals surface area contributed by atoms with Crippen LogP contribution in [0.3, 0.4) is 0 Å². The molecule has 4 rings (SSSR count). The van der Waals surface area contributed by atoms with Crippen molar-refractivity contribution >= 4 is 51.4 Å². The molecule has 144 valence electrons. The lowest BCUT2D eigenvalue weighted by Crippen LogP contribution is -2.31. The predicted octanol–water partition coefficient (Wildman–Crippen LogP) is 4.90. The van der Waals surface area contributed by atoms with E-state index in [0.717, 1.165) is 33.0 Å². The number of hydrogen-bond donors (Lipinski definition) is 1. The van der Waals surface area contributed by atoms with E-state index >= 15 is 0 Å². The molecular weight excluding hydrogens is 384 g/mol. The molecular formula is C23H18N2O3S. The van der Waals surface area contributed by atoms with Gasteiger partial charge in [0, 0.05) is 24.0 Å². The zero-order valence-electron chi connectivity index (χ0n) is 15.5. The number of carbonyl (C=O) groups excluding carboxylic acids is 3. The van der Waals surface area contributed by atoms with Gasteiger partial charge in [-0.15, -0.1) is 0 Å². The van der Waals surface area contributed by atoms with Crippen molar-refractivity contribution in [3.63, 3.8) is 0 Å². The largest absolute Gasteiger partial charge is 0.325 e. The van der Waals surface area contributed by atoms with Crippen LogP contribution in [-0.4, -0.2) is 28.5 Å². The van der Waals surface area contributed by atoms with E-state index in [1.807, 2.05) is 72.8 Å². The summed E-state index contributed by atoms with van der Waals surface area (Å²) >= 11 is 0.901. The molecule has 1 aliphatic heterocycles. The minimum atomic E-state index is -0.359. The minimum absolute atomic E-state index is 0.0415. The third-order valence-corrected chi connectivity index (χ3v) is 5.50. The molecule has 0 radical (unpaired) electrons. The standard InChI is InChI=1S/C23H18N2O3S/c26-21(24-19-12-6-10-17-9-4-5-11-18(17)19)13-14-25-22(27)20(29-23(25)28)15-16-7-2-1-3-8-16/h1-12,15H,13-14H2,(H,24,26)/b20-15-. The van der Waals surface area contributed by atoms with Gasteiger partial charge in [-0.3, -0.25) is 19.3 Å². The summed E-state index contributed by atoms with van der Waals surface area (Å²) in [5.74, 6) is -0.603. The van der Waals surface area contributed by atoms with Crippen LogP contribution < -0.4 is 5.32 Å². The zero-order valence-corrected chi connectivity index (χ0v) is 16.3. The number of amides is 3. The molecule has 0 aliphatic carbocycles. The lowest BCUT2D eigenvalue weighted by Gasteiger charge is -2.13. The van der Waals surface area contributed by atoms with Crippen molar-refractivity contribution in [1.29, 1.82) is 0 Å². The Morgan fingerprint density at radius 1 is 0.931 bits per heavy atom. The van der Waals surface area contributed by atoms with Crippen molar-refractivity contribution in [3.05, 3.63) is 83.3 Å². The van der Waals surface area contributed by atoms with Gasteiger partial charge in [0.05, 0.1) is 4.91 Å². The lowest BCUT2D eigenvalue weighted by atomic mass is 10.1. The molecule has 1 fully saturated rings. The fourth-order valence-electron chi connectivity index (χ4n) is 3.15. The molecule has 3 amide bonds. The molecule has 0 aromatic heterocycles. The van der Waals surface area contributed by atoms with E-state index in [1.54, 1.807) is 6.08 Å². The second-order valence-electron chi connectivity index (χ2n) is 6.57. The average Bonchev–Trinajstić information content (AvgIpc) is 3.00. The quantitative estimate of drug-likeness (QED) is 0.616. The number of rotatable bonds is 5. The first-order valence-electron chi connectivity index (χ1n) is 9.20. The second-order valence-corrected chi connectivity index (χ2v) is 7.56. The van der Waals surface area contributed by atoms with E-state index in [-0.39, 0.29) is 30.0 Å². The first kappa shape index (κ1) is 19.0. The van der Waals surface area contributed by atoms with Gasteiger partial charge in [0.1, 0.15) is 0 Å². The number of nitrogens with one attached hydrogen (secondary N) is 1. The highest BCUT2D eigenvalue weighted by atomic mass is 32.2. The lowest BCUT2D eigenvalue weighted by molar-refractivity contribution is -0.123. The van der Waals surface area contributed by atoms with Crippen molar-refractivity contribution in [2.24, 2.45) is 0 Å². The fourth-order valence-corrected chi connectivity index (χ4v) is 4.02. The maximum Gasteiger partial charge on any atom is 0.293 e. The van der Waals surface area contributed by atoms with Gasteiger partial charge < -0.3 is 5.32 Å². The van der Waals surface area contributed by atoms with E-state index in [2.05, 4.69) is 5.32 Å². The van der Waals surface area contributed by atoms with E-state index in [4.69, 9.17) is 0 Å². The van der Waals surface area contributed by atoms with E-state index in [1.165, 1.54) is 0 Å². The highest BCUT2D eigenvalue weighted by molar-refractivity contribution is 8.18. The highest BCUT2D eigenvalue weighted by Crippen LogP contribution is 2.32. The second kappa shape index (κ2) is 8.32. The van der Waals surface area contributed by atoms with Crippen LogP contribution in [0.1, 0.15) is 12.0 Å².